The van der Waals surface area contributed by atoms with Crippen LogP contribution in [-0.2, 0) is 6.42 Å². The SMILES string of the molecule is CC1=CC=c2cc3c(cc2[CH]1)=CC(C)=CC3. The van der Waals surface area contributed by atoms with Crippen molar-refractivity contribution < 1.29 is 0 Å². The number of fused-ring (bicyclic) bond motifs is 2. The Balaban J connectivity index is 2.26. The van der Waals surface area contributed by atoms with E-state index in [1.165, 1.54) is 32.7 Å². The van der Waals surface area contributed by atoms with Gasteiger partial charge in [-0.1, -0.05) is 47.6 Å². The van der Waals surface area contributed by atoms with Crippen LogP contribution in [0.1, 0.15) is 25.0 Å². The van der Waals surface area contributed by atoms with Crippen LogP contribution in [0.15, 0.2) is 35.4 Å². The molecule has 3 rings (SSSR count). The first-order chi connectivity index (χ1) is 7.72. The van der Waals surface area contributed by atoms with Gasteiger partial charge in [0, 0.05) is 6.42 Å². The number of benzene rings is 1. The van der Waals surface area contributed by atoms with Crippen molar-refractivity contribution in [1.82, 2.24) is 0 Å². The lowest BCUT2D eigenvalue weighted by Crippen LogP contribution is -2.22. The Labute approximate surface area is 96.3 Å². The van der Waals surface area contributed by atoms with E-state index in [4.69, 9.17) is 0 Å². The molecule has 0 N–H and O–H groups in total. The molecule has 2 aliphatic rings. The number of hydrogen-bond donors (Lipinski definition) is 0. The smallest absolute Gasteiger partial charge is 0.0161 e. The normalized spacial score (nSPS) is 17.4. The number of allylic oxidation sites excluding steroid dienone is 4. The van der Waals surface area contributed by atoms with E-state index in [1.807, 2.05) is 0 Å². The summed E-state index contributed by atoms with van der Waals surface area (Å²) in [6.45, 7) is 4.32. The summed E-state index contributed by atoms with van der Waals surface area (Å²) in [5.41, 5.74) is 5.50. The lowest BCUT2D eigenvalue weighted by molar-refractivity contribution is 1.17. The summed E-state index contributed by atoms with van der Waals surface area (Å²) in [4.78, 5) is 0. The molecule has 0 aromatic heterocycles. The van der Waals surface area contributed by atoms with Crippen molar-refractivity contribution in [3.63, 3.8) is 0 Å². The van der Waals surface area contributed by atoms with Gasteiger partial charge in [0.1, 0.15) is 0 Å². The Kier molecular flexibility index (Phi) is 2.10. The van der Waals surface area contributed by atoms with E-state index in [0.29, 0.717) is 0 Å². The third kappa shape index (κ3) is 1.55. The molecular formula is C16H15. The predicted octanol–water partition coefficient (Wildman–Crippen LogP) is 2.26. The van der Waals surface area contributed by atoms with E-state index in [2.05, 4.69) is 56.7 Å². The first-order valence-corrected chi connectivity index (χ1v) is 5.77. The first kappa shape index (κ1) is 9.65. The highest BCUT2D eigenvalue weighted by atomic mass is 14.1. The zero-order valence-corrected chi connectivity index (χ0v) is 9.75. The molecule has 1 aromatic rings. The summed E-state index contributed by atoms with van der Waals surface area (Å²) in [5.74, 6) is 0. The van der Waals surface area contributed by atoms with Crippen LogP contribution in [0.5, 0.6) is 0 Å². The van der Waals surface area contributed by atoms with Gasteiger partial charge in [-0.2, -0.15) is 0 Å². The summed E-state index contributed by atoms with van der Waals surface area (Å²) >= 11 is 0. The molecule has 1 aromatic carbocycles. The molecule has 0 saturated carbocycles. The molecule has 0 spiro atoms. The van der Waals surface area contributed by atoms with Crippen molar-refractivity contribution in [2.75, 3.05) is 0 Å². The largest absolute Gasteiger partial charge is 0.0772 e. The van der Waals surface area contributed by atoms with Crippen molar-refractivity contribution in [2.45, 2.75) is 20.3 Å². The van der Waals surface area contributed by atoms with Crippen LogP contribution >= 0.6 is 0 Å². The Hall–Kier alpha value is -1.56. The number of rotatable bonds is 0. The topological polar surface area (TPSA) is 0 Å². The van der Waals surface area contributed by atoms with E-state index in [-0.39, 0.29) is 0 Å². The second-order valence-corrected chi connectivity index (χ2v) is 4.70. The van der Waals surface area contributed by atoms with Crippen LogP contribution in [0.4, 0.5) is 0 Å². The Morgan fingerprint density at radius 2 is 1.81 bits per heavy atom. The minimum absolute atomic E-state index is 1.07. The average molecular weight is 207 g/mol. The molecule has 0 bridgehead atoms. The Morgan fingerprint density at radius 1 is 0.938 bits per heavy atom. The standard InChI is InChI=1S/C16H15/c1-11-3-5-13-9-14-6-4-12(2)8-16(14)10-15(13)7-11/h3-5,7-10H,6H2,1-2H3. The van der Waals surface area contributed by atoms with Crippen molar-refractivity contribution in [3.05, 3.63) is 63.4 Å². The molecule has 79 valence electrons. The summed E-state index contributed by atoms with van der Waals surface area (Å²) in [6.07, 6.45) is 12.3. The highest BCUT2D eigenvalue weighted by molar-refractivity contribution is 5.57. The molecule has 2 aliphatic carbocycles. The molecule has 0 unspecified atom stereocenters. The molecule has 0 heterocycles. The van der Waals surface area contributed by atoms with Gasteiger partial charge in [0.25, 0.3) is 0 Å². The van der Waals surface area contributed by atoms with Crippen molar-refractivity contribution in [1.29, 1.82) is 0 Å². The van der Waals surface area contributed by atoms with E-state index in [0.717, 1.165) is 6.42 Å². The summed E-state index contributed by atoms with van der Waals surface area (Å²) < 4.78 is 0. The third-order valence-electron chi connectivity index (χ3n) is 3.28. The first-order valence-electron chi connectivity index (χ1n) is 5.77. The van der Waals surface area contributed by atoms with Crippen LogP contribution in [0, 0.1) is 6.42 Å². The van der Waals surface area contributed by atoms with Gasteiger partial charge in [-0.15, -0.1) is 0 Å². The van der Waals surface area contributed by atoms with Gasteiger partial charge in [0.15, 0.2) is 0 Å². The summed E-state index contributed by atoms with van der Waals surface area (Å²) in [5, 5.41) is 2.74. The molecular weight excluding hydrogens is 192 g/mol. The van der Waals surface area contributed by atoms with E-state index >= 15 is 0 Å². The van der Waals surface area contributed by atoms with Gasteiger partial charge in [-0.05, 0) is 41.8 Å². The molecule has 16 heavy (non-hydrogen) atoms. The van der Waals surface area contributed by atoms with Crippen LogP contribution in [0.2, 0.25) is 0 Å². The molecule has 0 atom stereocenters. The maximum atomic E-state index is 2.32. The van der Waals surface area contributed by atoms with E-state index in [1.54, 1.807) is 0 Å². The van der Waals surface area contributed by atoms with Crippen LogP contribution < -0.4 is 10.4 Å². The van der Waals surface area contributed by atoms with Crippen LogP contribution in [0.25, 0.3) is 12.2 Å². The summed E-state index contributed by atoms with van der Waals surface area (Å²) in [6, 6.07) is 4.64. The fourth-order valence-corrected chi connectivity index (χ4v) is 2.37. The number of hydrogen-bond acceptors (Lipinski definition) is 0. The van der Waals surface area contributed by atoms with E-state index in [9.17, 15) is 0 Å². The predicted molar refractivity (Wildman–Crippen MR) is 69.2 cm³/mol. The molecule has 0 nitrogen and oxygen atoms in total. The zero-order valence-electron chi connectivity index (χ0n) is 9.75. The van der Waals surface area contributed by atoms with Gasteiger partial charge in [0.2, 0.25) is 0 Å². The minimum Gasteiger partial charge on any atom is -0.0772 e. The Morgan fingerprint density at radius 3 is 2.69 bits per heavy atom. The van der Waals surface area contributed by atoms with Crippen molar-refractivity contribution in [3.8, 4) is 0 Å². The Bertz CT molecular complexity index is 625. The highest BCUT2D eigenvalue weighted by Gasteiger charge is 2.07. The maximum absolute atomic E-state index is 2.32. The maximum Gasteiger partial charge on any atom is 0.0161 e. The van der Waals surface area contributed by atoms with Gasteiger partial charge >= 0.3 is 0 Å². The average Bonchev–Trinajstić information content (AvgIpc) is 2.26. The quantitative estimate of drug-likeness (QED) is 0.612. The monoisotopic (exact) mass is 207 g/mol. The lowest BCUT2D eigenvalue weighted by atomic mass is 9.92. The minimum atomic E-state index is 1.07. The van der Waals surface area contributed by atoms with Gasteiger partial charge < -0.3 is 0 Å². The fourth-order valence-electron chi connectivity index (χ4n) is 2.37. The molecule has 0 amide bonds. The second kappa shape index (κ2) is 3.48. The molecule has 0 saturated heterocycles. The lowest BCUT2D eigenvalue weighted by Gasteiger charge is -2.12. The van der Waals surface area contributed by atoms with Gasteiger partial charge in [-0.3, -0.25) is 0 Å². The van der Waals surface area contributed by atoms with Crippen molar-refractivity contribution >= 4 is 12.2 Å². The molecule has 0 aliphatic heterocycles. The third-order valence-corrected chi connectivity index (χ3v) is 3.28. The van der Waals surface area contributed by atoms with Gasteiger partial charge in [0.05, 0.1) is 0 Å². The van der Waals surface area contributed by atoms with Crippen molar-refractivity contribution in [2.24, 2.45) is 0 Å². The molecule has 1 radical (unpaired) electrons. The van der Waals surface area contributed by atoms with Crippen LogP contribution in [-0.4, -0.2) is 0 Å². The molecule has 0 heteroatoms. The summed E-state index contributed by atoms with van der Waals surface area (Å²) in [7, 11) is 0. The van der Waals surface area contributed by atoms with E-state index < -0.39 is 0 Å². The zero-order chi connectivity index (χ0) is 11.1. The molecule has 0 fully saturated rings. The van der Waals surface area contributed by atoms with Crippen LogP contribution in [0.3, 0.4) is 0 Å². The second-order valence-electron chi connectivity index (χ2n) is 4.70. The highest BCUT2D eigenvalue weighted by Crippen LogP contribution is 2.12. The fraction of sp³-hybridized carbons (Fsp3) is 0.188. The van der Waals surface area contributed by atoms with Gasteiger partial charge in [-0.25, -0.2) is 0 Å².